The average molecular weight is 290 g/mol. The van der Waals surface area contributed by atoms with E-state index in [1.807, 2.05) is 6.07 Å². The molecular weight excluding hydrogens is 264 g/mol. The summed E-state index contributed by atoms with van der Waals surface area (Å²) in [6.07, 6.45) is 5.84. The molecule has 3 rings (SSSR count). The van der Waals surface area contributed by atoms with Crippen LogP contribution in [0.1, 0.15) is 24.8 Å². The molecule has 2 saturated heterocycles. The molecule has 3 heterocycles. The molecule has 0 unspecified atom stereocenters. The Labute approximate surface area is 127 Å². The minimum Gasteiger partial charge on any atom is -0.383 e. The monoisotopic (exact) mass is 290 g/mol. The fraction of sp³-hybridized carbons (Fsp3) is 0.688. The minimum atomic E-state index is 0.323. The largest absolute Gasteiger partial charge is 0.383 e. The highest BCUT2D eigenvalue weighted by Crippen LogP contribution is 2.16. The fourth-order valence-corrected chi connectivity index (χ4v) is 3.30. The Bertz CT molecular complexity index is 448. The zero-order valence-electron chi connectivity index (χ0n) is 12.7. The van der Waals surface area contributed by atoms with Crippen molar-refractivity contribution in [3.8, 4) is 0 Å². The molecule has 116 valence electrons. The summed E-state index contributed by atoms with van der Waals surface area (Å²) < 4.78 is 6.03. The Balaban J connectivity index is 1.58. The lowest BCUT2D eigenvalue weighted by molar-refractivity contribution is 0.0308. The average Bonchev–Trinajstić information content (AvgIpc) is 2.88. The van der Waals surface area contributed by atoms with Gasteiger partial charge in [-0.25, -0.2) is 4.98 Å². The molecule has 0 spiro atoms. The maximum Gasteiger partial charge on any atom is 0.127 e. The second-order valence-electron chi connectivity index (χ2n) is 6.14. The molecule has 0 saturated carbocycles. The van der Waals surface area contributed by atoms with Crippen LogP contribution in [0.3, 0.4) is 0 Å². The van der Waals surface area contributed by atoms with Crippen LogP contribution < -0.4 is 5.73 Å². The van der Waals surface area contributed by atoms with Gasteiger partial charge >= 0.3 is 0 Å². The number of ether oxygens (including phenoxy) is 1. The van der Waals surface area contributed by atoms with Crippen LogP contribution in [0.2, 0.25) is 0 Å². The topological polar surface area (TPSA) is 54.6 Å². The summed E-state index contributed by atoms with van der Waals surface area (Å²) in [6.45, 7) is 7.34. The summed E-state index contributed by atoms with van der Waals surface area (Å²) in [5, 5.41) is 0. The van der Waals surface area contributed by atoms with E-state index in [4.69, 9.17) is 10.5 Å². The van der Waals surface area contributed by atoms with Crippen molar-refractivity contribution in [2.24, 2.45) is 0 Å². The number of nitrogens with zero attached hydrogens (tertiary/aromatic N) is 3. The quantitative estimate of drug-likeness (QED) is 0.907. The summed E-state index contributed by atoms with van der Waals surface area (Å²) >= 11 is 0. The van der Waals surface area contributed by atoms with Gasteiger partial charge in [-0.1, -0.05) is 6.07 Å². The van der Waals surface area contributed by atoms with Crippen molar-refractivity contribution in [3.05, 3.63) is 23.9 Å². The summed E-state index contributed by atoms with van der Waals surface area (Å²) in [5.41, 5.74) is 7.09. The molecule has 2 aliphatic heterocycles. The number of nitrogen functional groups attached to an aromatic ring is 1. The van der Waals surface area contributed by atoms with Gasteiger partial charge in [-0.15, -0.1) is 0 Å². The van der Waals surface area contributed by atoms with Crippen molar-refractivity contribution in [1.82, 2.24) is 14.8 Å². The highest BCUT2D eigenvalue weighted by molar-refractivity contribution is 5.38. The summed E-state index contributed by atoms with van der Waals surface area (Å²) in [5.74, 6) is 0.652. The van der Waals surface area contributed by atoms with Gasteiger partial charge in [0.25, 0.3) is 0 Å². The van der Waals surface area contributed by atoms with Crippen LogP contribution >= 0.6 is 0 Å². The second kappa shape index (κ2) is 7.20. The third-order valence-corrected chi connectivity index (χ3v) is 4.41. The SMILES string of the molecule is Nc1ncccc1CN1CCCO[C@@H](CN2CCCC2)C1. The van der Waals surface area contributed by atoms with Gasteiger partial charge in [0.05, 0.1) is 6.10 Å². The third-order valence-electron chi connectivity index (χ3n) is 4.41. The van der Waals surface area contributed by atoms with Crippen molar-refractivity contribution >= 4 is 5.82 Å². The highest BCUT2D eigenvalue weighted by atomic mass is 16.5. The molecule has 1 atom stereocenters. The van der Waals surface area contributed by atoms with Crippen molar-refractivity contribution in [2.45, 2.75) is 31.9 Å². The van der Waals surface area contributed by atoms with Gasteiger partial charge in [0, 0.05) is 44.5 Å². The van der Waals surface area contributed by atoms with E-state index in [-0.39, 0.29) is 0 Å². The van der Waals surface area contributed by atoms with Gasteiger partial charge in [-0.05, 0) is 38.4 Å². The van der Waals surface area contributed by atoms with Gasteiger partial charge in [0.1, 0.15) is 5.82 Å². The number of nitrogens with two attached hydrogens (primary N) is 1. The Morgan fingerprint density at radius 1 is 1.19 bits per heavy atom. The van der Waals surface area contributed by atoms with Crippen LogP contribution in [-0.4, -0.2) is 60.2 Å². The number of likely N-dealkylation sites (tertiary alicyclic amines) is 1. The Hall–Kier alpha value is -1.17. The molecule has 0 amide bonds. The van der Waals surface area contributed by atoms with Gasteiger partial charge in [-0.3, -0.25) is 4.90 Å². The molecule has 1 aromatic rings. The molecule has 0 aromatic carbocycles. The number of anilines is 1. The van der Waals surface area contributed by atoms with Gasteiger partial charge in [0.15, 0.2) is 0 Å². The van der Waals surface area contributed by atoms with Crippen LogP contribution in [0.15, 0.2) is 18.3 Å². The van der Waals surface area contributed by atoms with E-state index in [0.29, 0.717) is 11.9 Å². The van der Waals surface area contributed by atoms with E-state index in [2.05, 4.69) is 20.9 Å². The lowest BCUT2D eigenvalue weighted by Crippen LogP contribution is -2.39. The maximum atomic E-state index is 6.03. The fourth-order valence-electron chi connectivity index (χ4n) is 3.30. The first-order chi connectivity index (χ1) is 10.3. The molecule has 5 nitrogen and oxygen atoms in total. The number of rotatable bonds is 4. The molecule has 21 heavy (non-hydrogen) atoms. The predicted octanol–water partition coefficient (Wildman–Crippen LogP) is 1.35. The van der Waals surface area contributed by atoms with Gasteiger partial charge < -0.3 is 15.4 Å². The Morgan fingerprint density at radius 3 is 2.81 bits per heavy atom. The Morgan fingerprint density at radius 2 is 2.00 bits per heavy atom. The molecule has 5 heteroatoms. The summed E-state index contributed by atoms with van der Waals surface area (Å²) in [7, 11) is 0. The predicted molar refractivity (Wildman–Crippen MR) is 84.0 cm³/mol. The van der Waals surface area contributed by atoms with E-state index in [1.54, 1.807) is 6.20 Å². The molecule has 0 bridgehead atoms. The molecule has 1 aromatic heterocycles. The van der Waals surface area contributed by atoms with Crippen LogP contribution in [0.25, 0.3) is 0 Å². The van der Waals surface area contributed by atoms with E-state index in [1.165, 1.54) is 25.9 Å². The van der Waals surface area contributed by atoms with E-state index < -0.39 is 0 Å². The molecule has 2 aliphatic rings. The van der Waals surface area contributed by atoms with Crippen LogP contribution in [-0.2, 0) is 11.3 Å². The second-order valence-corrected chi connectivity index (χ2v) is 6.14. The van der Waals surface area contributed by atoms with Crippen LogP contribution in [0.4, 0.5) is 5.82 Å². The van der Waals surface area contributed by atoms with Crippen LogP contribution in [0, 0.1) is 0 Å². The van der Waals surface area contributed by atoms with Crippen molar-refractivity contribution < 1.29 is 4.74 Å². The number of aromatic nitrogens is 1. The lowest BCUT2D eigenvalue weighted by atomic mass is 10.2. The smallest absolute Gasteiger partial charge is 0.127 e. The van der Waals surface area contributed by atoms with Gasteiger partial charge in [0.2, 0.25) is 0 Å². The molecular formula is C16H26N4O. The number of hydrogen-bond acceptors (Lipinski definition) is 5. The molecule has 0 radical (unpaired) electrons. The molecule has 2 N–H and O–H groups in total. The normalized spacial score (nSPS) is 25.0. The lowest BCUT2D eigenvalue weighted by Gasteiger charge is -2.27. The van der Waals surface area contributed by atoms with Crippen molar-refractivity contribution in [1.29, 1.82) is 0 Å². The van der Waals surface area contributed by atoms with E-state index in [9.17, 15) is 0 Å². The van der Waals surface area contributed by atoms with Crippen molar-refractivity contribution in [3.63, 3.8) is 0 Å². The summed E-state index contributed by atoms with van der Waals surface area (Å²) in [4.78, 5) is 9.18. The molecule has 0 aliphatic carbocycles. The molecule has 2 fully saturated rings. The van der Waals surface area contributed by atoms with Crippen molar-refractivity contribution in [2.75, 3.05) is 45.1 Å². The zero-order valence-corrected chi connectivity index (χ0v) is 12.7. The number of hydrogen-bond donors (Lipinski definition) is 1. The van der Waals surface area contributed by atoms with E-state index in [0.717, 1.165) is 44.8 Å². The van der Waals surface area contributed by atoms with Gasteiger partial charge in [-0.2, -0.15) is 0 Å². The first-order valence-electron chi connectivity index (χ1n) is 8.07. The Kier molecular flexibility index (Phi) is 5.06. The third kappa shape index (κ3) is 4.15. The zero-order chi connectivity index (χ0) is 14.5. The first-order valence-corrected chi connectivity index (χ1v) is 8.07. The summed E-state index contributed by atoms with van der Waals surface area (Å²) in [6, 6.07) is 4.03. The van der Waals surface area contributed by atoms with E-state index >= 15 is 0 Å². The minimum absolute atomic E-state index is 0.323. The first kappa shape index (κ1) is 14.8. The van der Waals surface area contributed by atoms with Crippen LogP contribution in [0.5, 0.6) is 0 Å². The number of pyridine rings is 1. The highest BCUT2D eigenvalue weighted by Gasteiger charge is 2.23. The maximum absolute atomic E-state index is 6.03. The standard InChI is InChI=1S/C16H26N4O/c17-16-14(5-3-6-18-16)11-20-9-4-10-21-15(13-20)12-19-7-1-2-8-19/h3,5-6,15H,1-2,4,7-13H2,(H2,17,18)/t15-/m0/s1.